The molecule has 2 rings (SSSR count). The van der Waals surface area contributed by atoms with E-state index in [1.165, 1.54) is 3.57 Å². The van der Waals surface area contributed by atoms with Gasteiger partial charge in [0.25, 0.3) is 0 Å². The van der Waals surface area contributed by atoms with Gasteiger partial charge in [-0.3, -0.25) is 0 Å². The van der Waals surface area contributed by atoms with Gasteiger partial charge in [-0.15, -0.1) is 0 Å². The van der Waals surface area contributed by atoms with E-state index in [-0.39, 0.29) is 6.04 Å². The van der Waals surface area contributed by atoms with Gasteiger partial charge in [0.2, 0.25) is 0 Å². The minimum Gasteiger partial charge on any atom is -0.508 e. The number of hydrogen-bond acceptors (Lipinski definition) is 2. The van der Waals surface area contributed by atoms with Crippen molar-refractivity contribution in [2.45, 2.75) is 19.9 Å². The fraction of sp³-hybridized carbons (Fsp3) is 0.200. The third-order valence-corrected chi connectivity index (χ3v) is 3.84. The van der Waals surface area contributed by atoms with E-state index in [0.29, 0.717) is 5.75 Å². The molecule has 2 N–H and O–H groups in total. The summed E-state index contributed by atoms with van der Waals surface area (Å²) in [7, 11) is 0. The van der Waals surface area contributed by atoms with Gasteiger partial charge in [0.1, 0.15) is 5.75 Å². The average Bonchev–Trinajstić information content (AvgIpc) is 2.35. The molecule has 0 aromatic heterocycles. The van der Waals surface area contributed by atoms with Crippen LogP contribution < -0.4 is 5.32 Å². The highest BCUT2D eigenvalue weighted by atomic mass is 127. The first-order valence-corrected chi connectivity index (χ1v) is 6.96. The number of rotatable bonds is 3. The third kappa shape index (κ3) is 2.96. The van der Waals surface area contributed by atoms with E-state index in [0.717, 1.165) is 16.8 Å². The number of aromatic hydroxyl groups is 1. The monoisotopic (exact) mass is 353 g/mol. The lowest BCUT2D eigenvalue weighted by Crippen LogP contribution is -2.08. The average molecular weight is 353 g/mol. The molecule has 0 bridgehead atoms. The molecular formula is C15H16INO. The number of para-hydroxylation sites is 1. The van der Waals surface area contributed by atoms with Crippen molar-refractivity contribution in [2.24, 2.45) is 0 Å². The second-order valence-corrected chi connectivity index (χ2v) is 5.57. The lowest BCUT2D eigenvalue weighted by atomic mass is 10.0. The number of hydrogen-bond donors (Lipinski definition) is 2. The summed E-state index contributed by atoms with van der Waals surface area (Å²) < 4.78 is 1.18. The molecule has 3 heteroatoms. The van der Waals surface area contributed by atoms with E-state index >= 15 is 0 Å². The fourth-order valence-electron chi connectivity index (χ4n) is 1.91. The third-order valence-electron chi connectivity index (χ3n) is 2.90. The van der Waals surface area contributed by atoms with Crippen molar-refractivity contribution in [3.05, 3.63) is 57.2 Å². The Balaban J connectivity index is 2.25. The molecule has 1 unspecified atom stereocenters. The molecule has 2 nitrogen and oxygen atoms in total. The number of nitrogens with one attached hydrogen (secondary N) is 1. The summed E-state index contributed by atoms with van der Waals surface area (Å²) in [6.45, 7) is 4.08. The molecule has 0 fully saturated rings. The van der Waals surface area contributed by atoms with Crippen LogP contribution in [0.5, 0.6) is 5.75 Å². The number of aryl methyl sites for hydroxylation is 1. The van der Waals surface area contributed by atoms with Gasteiger partial charge in [-0.1, -0.05) is 29.8 Å². The maximum atomic E-state index is 9.91. The predicted molar refractivity (Wildman–Crippen MR) is 84.0 cm³/mol. The molecule has 2 aromatic carbocycles. The van der Waals surface area contributed by atoms with Crippen molar-refractivity contribution < 1.29 is 5.11 Å². The van der Waals surface area contributed by atoms with Crippen molar-refractivity contribution in [3.8, 4) is 5.75 Å². The van der Waals surface area contributed by atoms with Crippen molar-refractivity contribution in [3.63, 3.8) is 0 Å². The summed E-state index contributed by atoms with van der Waals surface area (Å²) in [6.07, 6.45) is 0. The smallest absolute Gasteiger partial charge is 0.120 e. The highest BCUT2D eigenvalue weighted by Crippen LogP contribution is 2.29. The first kappa shape index (κ1) is 13.2. The Morgan fingerprint density at radius 1 is 1.17 bits per heavy atom. The van der Waals surface area contributed by atoms with E-state index in [2.05, 4.69) is 40.9 Å². The van der Waals surface area contributed by atoms with Gasteiger partial charge >= 0.3 is 0 Å². The Morgan fingerprint density at radius 2 is 1.89 bits per heavy atom. The van der Waals surface area contributed by atoms with E-state index in [1.807, 2.05) is 37.3 Å². The molecule has 0 amide bonds. The molecule has 94 valence electrons. The summed E-state index contributed by atoms with van der Waals surface area (Å²) >= 11 is 2.30. The van der Waals surface area contributed by atoms with Crippen LogP contribution in [0.1, 0.15) is 24.1 Å². The van der Waals surface area contributed by atoms with Gasteiger partial charge < -0.3 is 10.4 Å². The maximum absolute atomic E-state index is 9.91. The Bertz CT molecular complexity index is 554. The zero-order valence-electron chi connectivity index (χ0n) is 10.4. The Kier molecular flexibility index (Phi) is 4.11. The van der Waals surface area contributed by atoms with Crippen LogP contribution in [0, 0.1) is 10.5 Å². The Morgan fingerprint density at radius 3 is 2.61 bits per heavy atom. The minimum absolute atomic E-state index is 0.0702. The largest absolute Gasteiger partial charge is 0.508 e. The van der Waals surface area contributed by atoms with Gasteiger partial charge in [-0.25, -0.2) is 0 Å². The number of phenols is 1. The summed E-state index contributed by atoms with van der Waals surface area (Å²) in [6, 6.07) is 13.9. The second-order valence-electron chi connectivity index (χ2n) is 4.41. The minimum atomic E-state index is 0.0702. The molecular weight excluding hydrogens is 337 g/mol. The standard InChI is InChI=1S/C15H16INO/c1-10-7-8-15(18)12(9-10)11(2)17-14-6-4-3-5-13(14)16/h3-9,11,17-18H,1-2H3. The molecule has 0 aliphatic rings. The topological polar surface area (TPSA) is 32.3 Å². The highest BCUT2D eigenvalue weighted by molar-refractivity contribution is 14.1. The quantitative estimate of drug-likeness (QED) is 0.798. The van der Waals surface area contributed by atoms with Gasteiger partial charge in [0, 0.05) is 14.8 Å². The maximum Gasteiger partial charge on any atom is 0.120 e. The SMILES string of the molecule is Cc1ccc(O)c(C(C)Nc2ccccc2I)c1. The highest BCUT2D eigenvalue weighted by Gasteiger charge is 2.11. The van der Waals surface area contributed by atoms with Gasteiger partial charge in [-0.05, 0) is 54.6 Å². The van der Waals surface area contributed by atoms with Crippen molar-refractivity contribution in [1.82, 2.24) is 0 Å². The number of halogens is 1. The van der Waals surface area contributed by atoms with Crippen LogP contribution in [0.25, 0.3) is 0 Å². The molecule has 0 aliphatic heterocycles. The summed E-state index contributed by atoms with van der Waals surface area (Å²) in [4.78, 5) is 0. The zero-order valence-corrected chi connectivity index (χ0v) is 12.6. The Labute approximate surface area is 121 Å². The first-order valence-electron chi connectivity index (χ1n) is 5.88. The van der Waals surface area contributed by atoms with E-state index in [1.54, 1.807) is 6.07 Å². The summed E-state index contributed by atoms with van der Waals surface area (Å²) in [5, 5.41) is 13.3. The van der Waals surface area contributed by atoms with Crippen LogP contribution in [0.4, 0.5) is 5.69 Å². The second kappa shape index (κ2) is 5.61. The lowest BCUT2D eigenvalue weighted by molar-refractivity contribution is 0.465. The number of phenolic OH excluding ortho intramolecular Hbond substituents is 1. The van der Waals surface area contributed by atoms with Crippen molar-refractivity contribution >= 4 is 28.3 Å². The van der Waals surface area contributed by atoms with Crippen LogP contribution in [0.15, 0.2) is 42.5 Å². The van der Waals surface area contributed by atoms with E-state index in [9.17, 15) is 5.11 Å². The van der Waals surface area contributed by atoms with Gasteiger partial charge in [-0.2, -0.15) is 0 Å². The van der Waals surface area contributed by atoms with Crippen LogP contribution in [0.2, 0.25) is 0 Å². The molecule has 0 spiro atoms. The van der Waals surface area contributed by atoms with Crippen LogP contribution >= 0.6 is 22.6 Å². The molecule has 0 radical (unpaired) electrons. The molecule has 0 saturated carbocycles. The number of benzene rings is 2. The number of anilines is 1. The predicted octanol–water partition coefficient (Wildman–Crippen LogP) is 4.48. The molecule has 0 heterocycles. The summed E-state index contributed by atoms with van der Waals surface area (Å²) in [5.74, 6) is 0.339. The van der Waals surface area contributed by atoms with Crippen LogP contribution in [-0.4, -0.2) is 5.11 Å². The molecule has 18 heavy (non-hydrogen) atoms. The van der Waals surface area contributed by atoms with Crippen molar-refractivity contribution in [1.29, 1.82) is 0 Å². The fourth-order valence-corrected chi connectivity index (χ4v) is 2.45. The first-order chi connectivity index (χ1) is 8.58. The van der Waals surface area contributed by atoms with E-state index in [4.69, 9.17) is 0 Å². The normalized spacial score (nSPS) is 12.2. The summed E-state index contributed by atoms with van der Waals surface area (Å²) in [5.41, 5.74) is 3.17. The lowest BCUT2D eigenvalue weighted by Gasteiger charge is -2.18. The van der Waals surface area contributed by atoms with Crippen LogP contribution in [0.3, 0.4) is 0 Å². The zero-order chi connectivity index (χ0) is 13.1. The molecule has 0 aliphatic carbocycles. The van der Waals surface area contributed by atoms with E-state index < -0.39 is 0 Å². The van der Waals surface area contributed by atoms with Gasteiger partial charge in [0.15, 0.2) is 0 Å². The van der Waals surface area contributed by atoms with Crippen LogP contribution in [-0.2, 0) is 0 Å². The molecule has 1 atom stereocenters. The molecule has 0 saturated heterocycles. The molecule has 2 aromatic rings. The van der Waals surface area contributed by atoms with Crippen molar-refractivity contribution in [2.75, 3.05) is 5.32 Å². The van der Waals surface area contributed by atoms with Gasteiger partial charge in [0.05, 0.1) is 6.04 Å². The Hall–Kier alpha value is -1.23.